The number of nitrogens with one attached hydrogen (secondary N) is 2. The van der Waals surface area contributed by atoms with Crippen molar-refractivity contribution in [3.8, 4) is 0 Å². The first kappa shape index (κ1) is 26.5. The summed E-state index contributed by atoms with van der Waals surface area (Å²) in [7, 11) is -4.15. The summed E-state index contributed by atoms with van der Waals surface area (Å²) in [5, 5.41) is 10.4. The number of piperidine rings is 1. The third-order valence-electron chi connectivity index (χ3n) is 6.69. The molecule has 1 fully saturated rings. The van der Waals surface area contributed by atoms with Crippen LogP contribution in [-0.2, 0) is 19.6 Å². The molecular formula is C25H27Cl2N3O5S. The molecule has 2 atom stereocenters. The number of rotatable bonds is 8. The molecule has 2 aromatic carbocycles. The van der Waals surface area contributed by atoms with Crippen LogP contribution in [0.15, 0.2) is 53.6 Å². The van der Waals surface area contributed by atoms with E-state index in [-0.39, 0.29) is 35.3 Å². The quantitative estimate of drug-likeness (QED) is 0.376. The number of fused-ring (bicyclic) bond motifs is 1. The van der Waals surface area contributed by atoms with Crippen molar-refractivity contribution in [1.82, 2.24) is 14.6 Å². The summed E-state index contributed by atoms with van der Waals surface area (Å²) in [5.41, 5.74) is 1.36. The number of halogens is 2. The van der Waals surface area contributed by atoms with E-state index < -0.39 is 33.9 Å². The summed E-state index contributed by atoms with van der Waals surface area (Å²) in [5.74, 6) is -2.03. The van der Waals surface area contributed by atoms with E-state index in [1.165, 1.54) is 17.2 Å². The van der Waals surface area contributed by atoms with Gasteiger partial charge in [0, 0.05) is 35.2 Å². The monoisotopic (exact) mass is 551 g/mol. The number of aromatic amines is 1. The number of aromatic nitrogens is 1. The Hall–Kier alpha value is -2.59. The minimum absolute atomic E-state index is 0.0287. The highest BCUT2D eigenvalue weighted by Gasteiger charge is 2.35. The zero-order chi connectivity index (χ0) is 26.0. The molecule has 0 spiro atoms. The van der Waals surface area contributed by atoms with Gasteiger partial charge in [-0.15, -0.1) is 0 Å². The van der Waals surface area contributed by atoms with E-state index in [4.69, 9.17) is 23.2 Å². The molecule has 8 nitrogen and oxygen atoms in total. The lowest BCUT2D eigenvalue weighted by molar-refractivity contribution is -0.146. The highest BCUT2D eigenvalue weighted by Crippen LogP contribution is 2.32. The Morgan fingerprint density at radius 2 is 1.81 bits per heavy atom. The number of hydrogen-bond donors (Lipinski definition) is 3. The normalized spacial score (nSPS) is 16.7. The van der Waals surface area contributed by atoms with Gasteiger partial charge in [-0.1, -0.05) is 54.4 Å². The van der Waals surface area contributed by atoms with Gasteiger partial charge in [-0.05, 0) is 48.9 Å². The van der Waals surface area contributed by atoms with Crippen LogP contribution in [0.1, 0.15) is 37.7 Å². The molecule has 1 aliphatic heterocycles. The molecule has 0 aliphatic carbocycles. The maximum atomic E-state index is 13.6. The molecule has 1 aliphatic rings. The van der Waals surface area contributed by atoms with Gasteiger partial charge >= 0.3 is 5.97 Å². The number of sulfonamides is 1. The van der Waals surface area contributed by atoms with Gasteiger partial charge in [0.05, 0.1) is 15.8 Å². The summed E-state index contributed by atoms with van der Waals surface area (Å²) < 4.78 is 29.7. The molecule has 0 saturated carbocycles. The first-order chi connectivity index (χ1) is 17.1. The fraction of sp³-hybridized carbons (Fsp3) is 0.360. The van der Waals surface area contributed by atoms with Crippen LogP contribution in [0.3, 0.4) is 0 Å². The van der Waals surface area contributed by atoms with E-state index in [9.17, 15) is 23.1 Å². The van der Waals surface area contributed by atoms with Gasteiger partial charge in [0.2, 0.25) is 15.9 Å². The van der Waals surface area contributed by atoms with Gasteiger partial charge in [0.15, 0.2) is 0 Å². The first-order valence-corrected chi connectivity index (χ1v) is 13.9. The van der Waals surface area contributed by atoms with Crippen LogP contribution >= 0.6 is 23.2 Å². The SMILES string of the molecule is CC(CC(NS(=O)(=O)c1cccc2[nH]cc(Cl)c12)C(=O)N1CCC(C(=O)O)CC1)c1ccccc1Cl. The smallest absolute Gasteiger partial charge is 0.306 e. The van der Waals surface area contributed by atoms with E-state index in [2.05, 4.69) is 9.71 Å². The molecular weight excluding hydrogens is 525 g/mol. The van der Waals surface area contributed by atoms with Gasteiger partial charge < -0.3 is 15.0 Å². The molecule has 192 valence electrons. The molecule has 4 rings (SSSR count). The van der Waals surface area contributed by atoms with Crippen LogP contribution in [0.25, 0.3) is 10.9 Å². The van der Waals surface area contributed by atoms with Crippen molar-refractivity contribution >= 4 is 56.0 Å². The molecule has 2 heterocycles. The minimum Gasteiger partial charge on any atom is -0.481 e. The second-order valence-corrected chi connectivity index (χ2v) is 11.6. The fourth-order valence-electron chi connectivity index (χ4n) is 4.71. The summed E-state index contributed by atoms with van der Waals surface area (Å²) in [6, 6.07) is 10.9. The summed E-state index contributed by atoms with van der Waals surface area (Å²) >= 11 is 12.6. The molecule has 36 heavy (non-hydrogen) atoms. The van der Waals surface area contributed by atoms with Crippen molar-refractivity contribution in [2.24, 2.45) is 5.92 Å². The number of amides is 1. The molecule has 3 aromatic rings. The topological polar surface area (TPSA) is 120 Å². The first-order valence-electron chi connectivity index (χ1n) is 11.6. The third-order valence-corrected chi connectivity index (χ3v) is 8.84. The summed E-state index contributed by atoms with van der Waals surface area (Å²) in [6.07, 6.45) is 2.31. The third kappa shape index (κ3) is 5.54. The maximum Gasteiger partial charge on any atom is 0.306 e. The van der Waals surface area contributed by atoms with Crippen LogP contribution in [0.5, 0.6) is 0 Å². The van der Waals surface area contributed by atoms with Crippen molar-refractivity contribution < 1.29 is 23.1 Å². The second kappa shape index (κ2) is 10.8. The van der Waals surface area contributed by atoms with Crippen LogP contribution in [0.4, 0.5) is 0 Å². The Balaban J connectivity index is 1.64. The van der Waals surface area contributed by atoms with Gasteiger partial charge in [-0.3, -0.25) is 9.59 Å². The maximum absolute atomic E-state index is 13.6. The number of carbonyl (C=O) groups is 2. The predicted molar refractivity (Wildman–Crippen MR) is 139 cm³/mol. The van der Waals surface area contributed by atoms with Crippen LogP contribution in [0, 0.1) is 5.92 Å². The van der Waals surface area contributed by atoms with Crippen LogP contribution in [-0.4, -0.2) is 54.4 Å². The molecule has 11 heteroatoms. The highest BCUT2D eigenvalue weighted by atomic mass is 35.5. The number of carboxylic acid groups (broad SMARTS) is 1. The lowest BCUT2D eigenvalue weighted by Crippen LogP contribution is -2.51. The van der Waals surface area contributed by atoms with E-state index >= 15 is 0 Å². The lowest BCUT2D eigenvalue weighted by atomic mass is 9.92. The Labute approximate surface area is 219 Å². The van der Waals surface area contributed by atoms with Crippen molar-refractivity contribution in [3.05, 3.63) is 64.3 Å². The van der Waals surface area contributed by atoms with Crippen molar-refractivity contribution in [3.63, 3.8) is 0 Å². The number of likely N-dealkylation sites (tertiary alicyclic amines) is 1. The molecule has 1 aromatic heterocycles. The predicted octanol–water partition coefficient (Wildman–Crippen LogP) is 4.64. The van der Waals surface area contributed by atoms with E-state index in [1.54, 1.807) is 24.3 Å². The fourth-order valence-corrected chi connectivity index (χ4v) is 6.79. The highest BCUT2D eigenvalue weighted by molar-refractivity contribution is 7.89. The van der Waals surface area contributed by atoms with E-state index in [1.807, 2.05) is 19.1 Å². The average Bonchev–Trinajstić information content (AvgIpc) is 3.24. The van der Waals surface area contributed by atoms with E-state index in [0.29, 0.717) is 28.8 Å². The standard InChI is InChI=1S/C25H27Cl2N3O5S/c1-15(17-5-2-3-6-18(17)26)13-21(24(31)30-11-9-16(10-12-30)25(32)33)29-36(34,35)22-8-4-7-20-23(22)19(27)14-28-20/h2-8,14-16,21,28-29H,9-13H2,1H3,(H,32,33). The number of hydrogen-bond acceptors (Lipinski definition) is 4. The molecule has 1 saturated heterocycles. The zero-order valence-electron chi connectivity index (χ0n) is 19.6. The number of carboxylic acids is 1. The van der Waals surface area contributed by atoms with Gasteiger partial charge in [0.1, 0.15) is 6.04 Å². The minimum atomic E-state index is -4.15. The number of aliphatic carboxylic acids is 1. The summed E-state index contributed by atoms with van der Waals surface area (Å²) in [4.78, 5) is 29.4. The van der Waals surface area contributed by atoms with Gasteiger partial charge in [-0.25, -0.2) is 8.42 Å². The Morgan fingerprint density at radius 1 is 1.11 bits per heavy atom. The summed E-state index contributed by atoms with van der Waals surface area (Å²) in [6.45, 7) is 2.37. The van der Waals surface area contributed by atoms with E-state index in [0.717, 1.165) is 5.56 Å². The number of H-pyrrole nitrogens is 1. The number of carbonyl (C=O) groups excluding carboxylic acids is 1. The molecule has 1 amide bonds. The number of benzene rings is 2. The van der Waals surface area contributed by atoms with Crippen LogP contribution in [0.2, 0.25) is 10.0 Å². The van der Waals surface area contributed by atoms with Gasteiger partial charge in [-0.2, -0.15) is 4.72 Å². The molecule has 0 bridgehead atoms. The van der Waals surface area contributed by atoms with Crippen molar-refractivity contribution in [2.45, 2.75) is 43.0 Å². The number of nitrogens with zero attached hydrogens (tertiary/aromatic N) is 1. The zero-order valence-corrected chi connectivity index (χ0v) is 21.9. The average molecular weight is 552 g/mol. The van der Waals surface area contributed by atoms with Crippen molar-refractivity contribution in [1.29, 1.82) is 0 Å². The van der Waals surface area contributed by atoms with Crippen LogP contribution < -0.4 is 4.72 Å². The molecule has 3 N–H and O–H groups in total. The Bertz CT molecular complexity index is 1380. The van der Waals surface area contributed by atoms with Gasteiger partial charge in [0.25, 0.3) is 0 Å². The molecule has 2 unspecified atom stereocenters. The van der Waals surface area contributed by atoms with Crippen molar-refractivity contribution in [2.75, 3.05) is 13.1 Å². The Morgan fingerprint density at radius 3 is 2.47 bits per heavy atom. The Kier molecular flexibility index (Phi) is 7.94. The molecule has 0 radical (unpaired) electrons. The largest absolute Gasteiger partial charge is 0.481 e. The lowest BCUT2D eigenvalue weighted by Gasteiger charge is -2.33. The second-order valence-electron chi connectivity index (χ2n) is 9.09.